The highest BCUT2D eigenvalue weighted by atomic mass is 32.1. The highest BCUT2D eigenvalue weighted by Crippen LogP contribution is 2.34. The minimum absolute atomic E-state index is 0.691. The summed E-state index contributed by atoms with van der Waals surface area (Å²) in [4.78, 5) is 4.33. The molecule has 0 aliphatic carbocycles. The van der Waals surface area contributed by atoms with Crippen molar-refractivity contribution in [3.05, 3.63) is 60.4 Å². The number of hydrogen-bond donors (Lipinski definition) is 0. The van der Waals surface area contributed by atoms with Crippen molar-refractivity contribution >= 4 is 21.6 Å². The molecule has 0 saturated heterocycles. The Labute approximate surface area is 136 Å². The predicted octanol–water partition coefficient (Wildman–Crippen LogP) is 4.28. The maximum absolute atomic E-state index is 6.08. The molecule has 0 atom stereocenters. The first-order valence-corrected chi connectivity index (χ1v) is 7.90. The first-order chi connectivity index (χ1) is 11.3. The van der Waals surface area contributed by atoms with Crippen molar-refractivity contribution in [2.45, 2.75) is 0 Å². The van der Waals surface area contributed by atoms with Crippen LogP contribution in [0.15, 0.2) is 60.4 Å². The zero-order valence-electron chi connectivity index (χ0n) is 12.3. The lowest BCUT2D eigenvalue weighted by Crippen LogP contribution is -1.96. The Morgan fingerprint density at radius 3 is 2.83 bits per heavy atom. The van der Waals surface area contributed by atoms with Crippen molar-refractivity contribution in [2.75, 3.05) is 7.11 Å². The summed E-state index contributed by atoms with van der Waals surface area (Å²) in [6.07, 6.45) is 5.36. The van der Waals surface area contributed by atoms with Crippen molar-refractivity contribution in [3.8, 4) is 22.9 Å². The lowest BCUT2D eigenvalue weighted by molar-refractivity contribution is 0.409. The van der Waals surface area contributed by atoms with Gasteiger partial charge in [-0.25, -0.2) is 4.68 Å². The minimum atomic E-state index is 0.691. The summed E-state index contributed by atoms with van der Waals surface area (Å²) in [7, 11) is 1.63. The Morgan fingerprint density at radius 2 is 2.00 bits per heavy atom. The Balaban J connectivity index is 1.76. The van der Waals surface area contributed by atoms with Crippen LogP contribution in [0.1, 0.15) is 0 Å². The van der Waals surface area contributed by atoms with Gasteiger partial charge >= 0.3 is 0 Å². The van der Waals surface area contributed by atoms with Crippen LogP contribution < -0.4 is 9.47 Å². The number of ether oxygens (including phenoxy) is 2. The molecule has 0 spiro atoms. The fourth-order valence-electron chi connectivity index (χ4n) is 2.34. The van der Waals surface area contributed by atoms with Gasteiger partial charge in [-0.3, -0.25) is 4.98 Å². The summed E-state index contributed by atoms with van der Waals surface area (Å²) >= 11 is 1.61. The number of hydrogen-bond acceptors (Lipinski definition) is 5. The van der Waals surface area contributed by atoms with E-state index < -0.39 is 0 Å². The highest BCUT2D eigenvalue weighted by molar-refractivity contribution is 7.17. The van der Waals surface area contributed by atoms with E-state index in [-0.39, 0.29) is 0 Å². The van der Waals surface area contributed by atoms with Crippen molar-refractivity contribution in [3.63, 3.8) is 0 Å². The van der Waals surface area contributed by atoms with Crippen LogP contribution in [0.5, 0.6) is 17.2 Å². The van der Waals surface area contributed by atoms with Crippen LogP contribution in [0.3, 0.4) is 0 Å². The lowest BCUT2D eigenvalue weighted by atomic mass is 10.2. The summed E-state index contributed by atoms with van der Waals surface area (Å²) < 4.78 is 14.2. The predicted molar refractivity (Wildman–Crippen MR) is 89.8 cm³/mol. The summed E-state index contributed by atoms with van der Waals surface area (Å²) in [6.45, 7) is 0. The molecule has 0 amide bonds. The summed E-state index contributed by atoms with van der Waals surface area (Å²) in [5.74, 6) is 2.19. The Kier molecular flexibility index (Phi) is 3.44. The third-order valence-electron chi connectivity index (χ3n) is 3.41. The molecule has 0 aliphatic heterocycles. The third kappa shape index (κ3) is 2.64. The normalized spacial score (nSPS) is 10.8. The van der Waals surface area contributed by atoms with Crippen LogP contribution in [0.2, 0.25) is 0 Å². The topological polar surface area (TPSA) is 49.2 Å². The van der Waals surface area contributed by atoms with Crippen LogP contribution in [0.25, 0.3) is 15.9 Å². The van der Waals surface area contributed by atoms with Crippen molar-refractivity contribution in [1.82, 2.24) is 14.8 Å². The van der Waals surface area contributed by atoms with Gasteiger partial charge in [-0.1, -0.05) is 0 Å². The van der Waals surface area contributed by atoms with Crippen molar-refractivity contribution in [1.29, 1.82) is 0 Å². The van der Waals surface area contributed by atoms with Crippen LogP contribution in [-0.4, -0.2) is 21.9 Å². The molecule has 0 aliphatic rings. The number of methoxy groups -OCH3 is 1. The maximum atomic E-state index is 6.08. The average Bonchev–Trinajstić information content (AvgIpc) is 3.26. The second-order valence-electron chi connectivity index (χ2n) is 4.86. The number of thiophene rings is 1. The first kappa shape index (κ1) is 13.8. The summed E-state index contributed by atoms with van der Waals surface area (Å²) in [5, 5.41) is 6.25. The SMILES string of the molecule is COc1cc(Oc2ccnc3ccsc23)cc(-n2cccn2)c1. The molecule has 3 heterocycles. The second-order valence-corrected chi connectivity index (χ2v) is 5.78. The maximum Gasteiger partial charge on any atom is 0.148 e. The number of nitrogens with zero attached hydrogens (tertiary/aromatic N) is 3. The zero-order chi connectivity index (χ0) is 15.6. The van der Waals surface area contributed by atoms with Gasteiger partial charge in [0.05, 0.1) is 23.0 Å². The van der Waals surface area contributed by atoms with Gasteiger partial charge in [0.25, 0.3) is 0 Å². The molecule has 4 rings (SSSR count). The fourth-order valence-corrected chi connectivity index (χ4v) is 3.14. The summed E-state index contributed by atoms with van der Waals surface area (Å²) in [6, 6.07) is 11.4. The number of pyridine rings is 1. The summed E-state index contributed by atoms with van der Waals surface area (Å²) in [5.41, 5.74) is 1.81. The number of rotatable bonds is 4. The van der Waals surface area contributed by atoms with Crippen LogP contribution in [-0.2, 0) is 0 Å². The first-order valence-electron chi connectivity index (χ1n) is 7.02. The molecule has 0 radical (unpaired) electrons. The molecular formula is C17H13N3O2S. The minimum Gasteiger partial charge on any atom is -0.497 e. The second kappa shape index (κ2) is 5.73. The van der Waals surface area contributed by atoms with Gasteiger partial charge in [0.15, 0.2) is 0 Å². The van der Waals surface area contributed by atoms with Gasteiger partial charge in [-0.2, -0.15) is 5.10 Å². The molecule has 0 saturated carbocycles. The van der Waals surface area contributed by atoms with Gasteiger partial charge in [0.2, 0.25) is 0 Å². The molecule has 6 heteroatoms. The van der Waals surface area contributed by atoms with Crippen molar-refractivity contribution in [2.24, 2.45) is 0 Å². The molecule has 0 fully saturated rings. The monoisotopic (exact) mass is 323 g/mol. The molecule has 3 aromatic heterocycles. The van der Waals surface area contributed by atoms with Crippen molar-refractivity contribution < 1.29 is 9.47 Å². The molecule has 23 heavy (non-hydrogen) atoms. The molecule has 0 N–H and O–H groups in total. The molecular weight excluding hydrogens is 310 g/mol. The average molecular weight is 323 g/mol. The van der Waals surface area contributed by atoms with E-state index in [1.165, 1.54) is 0 Å². The molecule has 0 unspecified atom stereocenters. The number of aromatic nitrogens is 3. The highest BCUT2D eigenvalue weighted by Gasteiger charge is 2.09. The quantitative estimate of drug-likeness (QED) is 0.562. The number of fused-ring (bicyclic) bond motifs is 1. The standard InChI is InChI=1S/C17H13N3O2S/c1-21-13-9-12(20-7-2-5-19-20)10-14(11-13)22-16-3-6-18-15-4-8-23-17(15)16/h2-11H,1H3. The molecule has 114 valence electrons. The van der Waals surface area contributed by atoms with Crippen LogP contribution in [0.4, 0.5) is 0 Å². The van der Waals surface area contributed by atoms with Crippen LogP contribution >= 0.6 is 11.3 Å². The largest absolute Gasteiger partial charge is 0.497 e. The van der Waals surface area contributed by atoms with E-state index in [9.17, 15) is 0 Å². The van der Waals surface area contributed by atoms with Gasteiger partial charge in [-0.05, 0) is 17.5 Å². The smallest absolute Gasteiger partial charge is 0.148 e. The van der Waals surface area contributed by atoms with E-state index in [1.54, 1.807) is 35.5 Å². The zero-order valence-corrected chi connectivity index (χ0v) is 13.2. The van der Waals surface area contributed by atoms with E-state index in [0.717, 1.165) is 21.7 Å². The Hall–Kier alpha value is -2.86. The van der Waals surface area contributed by atoms with E-state index in [4.69, 9.17) is 9.47 Å². The van der Waals surface area contributed by atoms with Crippen LogP contribution in [0, 0.1) is 0 Å². The van der Waals surface area contributed by atoms with Gasteiger partial charge in [0, 0.05) is 42.9 Å². The Bertz CT molecular complexity index is 948. The van der Waals surface area contributed by atoms with Gasteiger partial charge in [-0.15, -0.1) is 11.3 Å². The molecule has 1 aromatic carbocycles. The van der Waals surface area contributed by atoms with Gasteiger partial charge < -0.3 is 9.47 Å². The fraction of sp³-hybridized carbons (Fsp3) is 0.0588. The molecule has 5 nitrogen and oxygen atoms in total. The third-order valence-corrected chi connectivity index (χ3v) is 4.32. The number of benzene rings is 1. The van der Waals surface area contributed by atoms with E-state index >= 15 is 0 Å². The Morgan fingerprint density at radius 1 is 1.09 bits per heavy atom. The van der Waals surface area contributed by atoms with E-state index in [1.807, 2.05) is 48.0 Å². The molecule has 0 bridgehead atoms. The van der Waals surface area contributed by atoms with Gasteiger partial charge in [0.1, 0.15) is 17.2 Å². The molecule has 4 aromatic rings. The van der Waals surface area contributed by atoms with E-state index in [2.05, 4.69) is 10.1 Å². The van der Waals surface area contributed by atoms with E-state index in [0.29, 0.717) is 11.5 Å². The lowest BCUT2D eigenvalue weighted by Gasteiger charge is -2.11.